The fraction of sp³-hybridized carbons (Fsp3) is 0.300. The van der Waals surface area contributed by atoms with Crippen molar-refractivity contribution in [3.8, 4) is 0 Å². The average Bonchev–Trinajstić information content (AvgIpc) is 3.11. The van der Waals surface area contributed by atoms with Gasteiger partial charge in [0.05, 0.1) is 10.6 Å². The van der Waals surface area contributed by atoms with Gasteiger partial charge in [0.15, 0.2) is 0 Å². The zero-order chi connectivity index (χ0) is 12.6. The van der Waals surface area contributed by atoms with Crippen LogP contribution in [0.2, 0.25) is 0 Å². The molecule has 17 heavy (non-hydrogen) atoms. The molecule has 0 radical (unpaired) electrons. The lowest BCUT2D eigenvalue weighted by Gasteiger charge is -2.16. The molecular formula is C10H11FN4O2. The molecule has 0 aliphatic heterocycles. The number of nitrogens with two attached hydrogens (primary N) is 1. The van der Waals surface area contributed by atoms with E-state index in [1.807, 2.05) is 0 Å². The highest BCUT2D eigenvalue weighted by Crippen LogP contribution is 2.45. The van der Waals surface area contributed by atoms with Gasteiger partial charge in [0.2, 0.25) is 5.82 Å². The van der Waals surface area contributed by atoms with E-state index in [9.17, 15) is 14.5 Å². The lowest BCUT2D eigenvalue weighted by molar-refractivity contribution is -0.387. The summed E-state index contributed by atoms with van der Waals surface area (Å²) in [6.07, 6.45) is 2.66. The van der Waals surface area contributed by atoms with Crippen molar-refractivity contribution in [3.05, 3.63) is 33.6 Å². The number of benzene rings is 1. The zero-order valence-electron chi connectivity index (χ0n) is 8.89. The van der Waals surface area contributed by atoms with Crippen molar-refractivity contribution in [1.82, 2.24) is 0 Å². The Kier molecular flexibility index (Phi) is 2.76. The molecule has 6 nitrogen and oxygen atoms in total. The summed E-state index contributed by atoms with van der Waals surface area (Å²) in [5, 5.41) is 18.6. The van der Waals surface area contributed by atoms with Gasteiger partial charge in [-0.05, 0) is 30.4 Å². The standard InChI is InChI=1S/C10H11FN4O2/c11-8-3-7(6-1-2-6)9(14(13)5-12)4-10(8)15(16)17/h3-6,12H,1-2,13H2. The maximum Gasteiger partial charge on any atom is 0.306 e. The summed E-state index contributed by atoms with van der Waals surface area (Å²) in [5.74, 6) is 4.85. The lowest BCUT2D eigenvalue weighted by atomic mass is 10.1. The zero-order valence-corrected chi connectivity index (χ0v) is 8.89. The van der Waals surface area contributed by atoms with E-state index in [4.69, 9.17) is 11.3 Å². The van der Waals surface area contributed by atoms with Crippen molar-refractivity contribution < 1.29 is 9.31 Å². The molecule has 0 bridgehead atoms. The van der Waals surface area contributed by atoms with Crippen molar-refractivity contribution in [1.29, 1.82) is 5.41 Å². The monoisotopic (exact) mass is 238 g/mol. The molecule has 1 fully saturated rings. The second-order valence-corrected chi connectivity index (χ2v) is 3.93. The van der Waals surface area contributed by atoms with Crippen LogP contribution in [0.3, 0.4) is 0 Å². The number of hydrogen-bond donors (Lipinski definition) is 2. The van der Waals surface area contributed by atoms with Gasteiger partial charge < -0.3 is 0 Å². The van der Waals surface area contributed by atoms with E-state index in [0.29, 0.717) is 11.3 Å². The largest absolute Gasteiger partial charge is 0.306 e. The molecule has 0 unspecified atom stereocenters. The Hall–Kier alpha value is -2.02. The molecule has 0 spiro atoms. The van der Waals surface area contributed by atoms with Gasteiger partial charge in [0.25, 0.3) is 0 Å². The van der Waals surface area contributed by atoms with E-state index in [1.165, 1.54) is 0 Å². The molecule has 90 valence electrons. The molecule has 7 heteroatoms. The summed E-state index contributed by atoms with van der Waals surface area (Å²) in [5.41, 5.74) is 0.316. The molecule has 1 aliphatic carbocycles. The highest BCUT2D eigenvalue weighted by molar-refractivity contribution is 5.79. The number of nitrogens with zero attached hydrogens (tertiary/aromatic N) is 2. The van der Waals surface area contributed by atoms with E-state index in [-0.39, 0.29) is 5.92 Å². The Morgan fingerprint density at radius 3 is 2.71 bits per heavy atom. The fourth-order valence-electron chi connectivity index (χ4n) is 1.72. The first-order valence-corrected chi connectivity index (χ1v) is 5.07. The van der Waals surface area contributed by atoms with Crippen molar-refractivity contribution in [3.63, 3.8) is 0 Å². The third-order valence-electron chi connectivity index (χ3n) is 2.73. The molecule has 0 saturated heterocycles. The van der Waals surface area contributed by atoms with Crippen LogP contribution in [0.1, 0.15) is 24.3 Å². The maximum absolute atomic E-state index is 13.5. The number of nitro benzene ring substituents is 1. The molecular weight excluding hydrogens is 227 g/mol. The fourth-order valence-corrected chi connectivity index (χ4v) is 1.72. The number of anilines is 1. The molecule has 1 aromatic carbocycles. The topological polar surface area (TPSA) is 96.2 Å². The van der Waals surface area contributed by atoms with Gasteiger partial charge in [-0.15, -0.1) is 0 Å². The summed E-state index contributed by atoms with van der Waals surface area (Å²) < 4.78 is 13.5. The first-order chi connectivity index (χ1) is 8.04. The van der Waals surface area contributed by atoms with Crippen LogP contribution < -0.4 is 10.9 Å². The van der Waals surface area contributed by atoms with Gasteiger partial charge in [0, 0.05) is 6.07 Å². The predicted molar refractivity (Wildman–Crippen MR) is 60.5 cm³/mol. The van der Waals surface area contributed by atoms with Crippen molar-refractivity contribution in [2.75, 3.05) is 5.01 Å². The third-order valence-corrected chi connectivity index (χ3v) is 2.73. The second-order valence-electron chi connectivity index (χ2n) is 3.93. The molecule has 3 N–H and O–H groups in total. The van der Waals surface area contributed by atoms with Gasteiger partial charge in [0.1, 0.15) is 6.34 Å². The average molecular weight is 238 g/mol. The van der Waals surface area contributed by atoms with E-state index >= 15 is 0 Å². The van der Waals surface area contributed by atoms with Crippen LogP contribution in [0.5, 0.6) is 0 Å². The summed E-state index contributed by atoms with van der Waals surface area (Å²) in [7, 11) is 0. The predicted octanol–water partition coefficient (Wildman–Crippen LogP) is 1.90. The van der Waals surface area contributed by atoms with Crippen LogP contribution >= 0.6 is 0 Å². The van der Waals surface area contributed by atoms with E-state index in [2.05, 4.69) is 0 Å². The molecule has 2 rings (SSSR count). The SMILES string of the molecule is N=CN(N)c1cc([N+](=O)[O-])c(F)cc1C1CC1. The summed E-state index contributed by atoms with van der Waals surface area (Å²) >= 11 is 0. The van der Waals surface area contributed by atoms with Crippen LogP contribution in [0.15, 0.2) is 12.1 Å². The Morgan fingerprint density at radius 2 is 2.24 bits per heavy atom. The summed E-state index contributed by atoms with van der Waals surface area (Å²) in [4.78, 5) is 9.83. The molecule has 0 atom stereocenters. The van der Waals surface area contributed by atoms with Gasteiger partial charge in [-0.1, -0.05) is 0 Å². The van der Waals surface area contributed by atoms with Gasteiger partial charge in [-0.25, -0.2) is 5.84 Å². The Balaban J connectivity index is 2.55. The molecule has 0 heterocycles. The molecule has 1 aliphatic rings. The second kappa shape index (κ2) is 4.10. The van der Waals surface area contributed by atoms with Crippen LogP contribution in [0.4, 0.5) is 15.8 Å². The maximum atomic E-state index is 13.5. The number of rotatable bonds is 4. The smallest absolute Gasteiger partial charge is 0.290 e. The van der Waals surface area contributed by atoms with Crippen LogP contribution in [0.25, 0.3) is 0 Å². The van der Waals surface area contributed by atoms with Gasteiger partial charge in [-0.3, -0.25) is 20.5 Å². The Bertz CT molecular complexity index is 487. The van der Waals surface area contributed by atoms with Gasteiger partial charge in [-0.2, -0.15) is 4.39 Å². The van der Waals surface area contributed by atoms with Gasteiger partial charge >= 0.3 is 5.69 Å². The molecule has 0 aromatic heterocycles. The van der Waals surface area contributed by atoms with Crippen molar-refractivity contribution >= 4 is 17.7 Å². The molecule has 1 saturated carbocycles. The van der Waals surface area contributed by atoms with Crippen LogP contribution in [-0.4, -0.2) is 11.3 Å². The van der Waals surface area contributed by atoms with E-state index in [0.717, 1.165) is 36.3 Å². The van der Waals surface area contributed by atoms with E-state index < -0.39 is 16.4 Å². The van der Waals surface area contributed by atoms with Crippen LogP contribution in [-0.2, 0) is 0 Å². The minimum atomic E-state index is -0.862. The highest BCUT2D eigenvalue weighted by atomic mass is 19.1. The van der Waals surface area contributed by atoms with E-state index in [1.54, 1.807) is 0 Å². The van der Waals surface area contributed by atoms with Crippen LogP contribution in [0, 0.1) is 21.3 Å². The normalized spacial score (nSPS) is 14.5. The molecule has 0 amide bonds. The summed E-state index contributed by atoms with van der Waals surface area (Å²) in [6.45, 7) is 0. The minimum absolute atomic E-state index is 0.186. The molecule has 1 aromatic rings. The number of hydrogen-bond acceptors (Lipinski definition) is 4. The van der Waals surface area contributed by atoms with Crippen molar-refractivity contribution in [2.45, 2.75) is 18.8 Å². The van der Waals surface area contributed by atoms with Crippen molar-refractivity contribution in [2.24, 2.45) is 5.84 Å². The number of halogens is 1. The Morgan fingerprint density at radius 1 is 1.59 bits per heavy atom. The number of hydrazine groups is 1. The lowest BCUT2D eigenvalue weighted by Crippen LogP contribution is -2.29. The summed E-state index contributed by atoms with van der Waals surface area (Å²) in [6, 6.07) is 2.22. The highest BCUT2D eigenvalue weighted by Gasteiger charge is 2.30. The minimum Gasteiger partial charge on any atom is -0.290 e. The first kappa shape index (κ1) is 11.5. The Labute approximate surface area is 96.5 Å². The first-order valence-electron chi connectivity index (χ1n) is 5.07. The number of nitro groups is 1. The number of nitrogens with one attached hydrogen (secondary N) is 1. The third kappa shape index (κ3) is 2.09. The quantitative estimate of drug-likeness (QED) is 0.275.